The summed E-state index contributed by atoms with van der Waals surface area (Å²) >= 11 is 5.89. The molecule has 0 aliphatic rings. The molecule has 3 nitrogen and oxygen atoms in total. The average Bonchev–Trinajstić information content (AvgIpc) is 2.42. The van der Waals surface area contributed by atoms with Crippen LogP contribution in [0.5, 0.6) is 0 Å². The highest BCUT2D eigenvalue weighted by Crippen LogP contribution is 2.22. The van der Waals surface area contributed by atoms with Gasteiger partial charge in [0.15, 0.2) is 0 Å². The van der Waals surface area contributed by atoms with E-state index in [1.165, 1.54) is 12.8 Å². The molecule has 4 heteroatoms. The molecule has 1 unspecified atom stereocenters. The van der Waals surface area contributed by atoms with E-state index in [2.05, 4.69) is 13.8 Å². The fraction of sp³-hybridized carbons (Fsp3) is 0.562. The summed E-state index contributed by atoms with van der Waals surface area (Å²) in [4.78, 5) is 13.0. The van der Waals surface area contributed by atoms with Crippen molar-refractivity contribution < 1.29 is 9.90 Å². The van der Waals surface area contributed by atoms with E-state index < -0.39 is 5.97 Å². The number of nitrogens with zero attached hydrogens (tertiary/aromatic N) is 1. The summed E-state index contributed by atoms with van der Waals surface area (Å²) in [7, 11) is 0. The van der Waals surface area contributed by atoms with Gasteiger partial charge in [-0.1, -0.05) is 44.7 Å². The van der Waals surface area contributed by atoms with Gasteiger partial charge in [-0.25, -0.2) is 0 Å². The zero-order valence-corrected chi connectivity index (χ0v) is 13.1. The monoisotopic (exact) mass is 297 g/mol. The van der Waals surface area contributed by atoms with Gasteiger partial charge in [-0.15, -0.1) is 0 Å². The predicted octanol–water partition coefficient (Wildman–Crippen LogP) is 4.45. The molecule has 1 N–H and O–H groups in total. The molecule has 0 aliphatic heterocycles. The second-order valence-corrected chi connectivity index (χ2v) is 5.60. The van der Waals surface area contributed by atoms with Crippen molar-refractivity contribution in [3.05, 3.63) is 29.3 Å². The zero-order chi connectivity index (χ0) is 15.0. The van der Waals surface area contributed by atoms with E-state index in [1.807, 2.05) is 17.0 Å². The standard InChI is InChI=1S/C16H24ClNO2/c1-3-5-6-13(4-2)11-18(12-16(19)20)15-9-7-14(17)8-10-15/h7-10,13H,3-6,11-12H2,1-2H3,(H,19,20). The molecular weight excluding hydrogens is 274 g/mol. The number of carboxylic acid groups (broad SMARTS) is 1. The first-order chi connectivity index (χ1) is 9.56. The van der Waals surface area contributed by atoms with Crippen molar-refractivity contribution >= 4 is 23.3 Å². The smallest absolute Gasteiger partial charge is 0.323 e. The van der Waals surface area contributed by atoms with Crippen molar-refractivity contribution in [2.24, 2.45) is 5.92 Å². The highest BCUT2D eigenvalue weighted by molar-refractivity contribution is 6.30. The third kappa shape index (κ3) is 5.83. The summed E-state index contributed by atoms with van der Waals surface area (Å²) in [5.41, 5.74) is 0.923. The lowest BCUT2D eigenvalue weighted by molar-refractivity contribution is -0.135. The van der Waals surface area contributed by atoms with Gasteiger partial charge in [0.25, 0.3) is 0 Å². The molecule has 1 atom stereocenters. The molecule has 1 aromatic rings. The van der Waals surface area contributed by atoms with Crippen molar-refractivity contribution in [2.45, 2.75) is 39.5 Å². The van der Waals surface area contributed by atoms with E-state index >= 15 is 0 Å². The topological polar surface area (TPSA) is 40.5 Å². The number of aliphatic carboxylic acids is 1. The van der Waals surface area contributed by atoms with Crippen molar-refractivity contribution in [1.82, 2.24) is 0 Å². The molecule has 0 amide bonds. The highest BCUT2D eigenvalue weighted by atomic mass is 35.5. The Morgan fingerprint density at radius 2 is 1.95 bits per heavy atom. The second kappa shape index (κ2) is 8.85. The maximum Gasteiger partial charge on any atom is 0.323 e. The Balaban J connectivity index is 2.77. The van der Waals surface area contributed by atoms with Gasteiger partial charge in [0.05, 0.1) is 0 Å². The number of unbranched alkanes of at least 4 members (excludes halogenated alkanes) is 1. The predicted molar refractivity (Wildman–Crippen MR) is 84.6 cm³/mol. The van der Waals surface area contributed by atoms with Crippen LogP contribution in [0.3, 0.4) is 0 Å². The van der Waals surface area contributed by atoms with Gasteiger partial charge < -0.3 is 10.0 Å². The minimum Gasteiger partial charge on any atom is -0.480 e. The fourth-order valence-electron chi connectivity index (χ4n) is 2.31. The van der Waals surface area contributed by atoms with Crippen LogP contribution < -0.4 is 4.90 Å². The molecule has 112 valence electrons. The Morgan fingerprint density at radius 1 is 1.30 bits per heavy atom. The molecular formula is C16H24ClNO2. The SMILES string of the molecule is CCCCC(CC)CN(CC(=O)O)c1ccc(Cl)cc1. The van der Waals surface area contributed by atoms with E-state index in [4.69, 9.17) is 16.7 Å². The summed E-state index contributed by atoms with van der Waals surface area (Å²) in [6, 6.07) is 7.38. The van der Waals surface area contributed by atoms with Crippen molar-refractivity contribution in [3.63, 3.8) is 0 Å². The van der Waals surface area contributed by atoms with E-state index in [9.17, 15) is 4.79 Å². The summed E-state index contributed by atoms with van der Waals surface area (Å²) in [6.07, 6.45) is 4.59. The molecule has 0 saturated carbocycles. The number of hydrogen-bond donors (Lipinski definition) is 1. The summed E-state index contributed by atoms with van der Waals surface area (Å²) in [5, 5.41) is 9.76. The molecule has 0 aromatic heterocycles. The van der Waals surface area contributed by atoms with Gasteiger partial charge in [-0.05, 0) is 36.6 Å². The van der Waals surface area contributed by atoms with E-state index in [1.54, 1.807) is 12.1 Å². The first-order valence-electron chi connectivity index (χ1n) is 7.29. The largest absolute Gasteiger partial charge is 0.480 e. The normalized spacial score (nSPS) is 12.2. The highest BCUT2D eigenvalue weighted by Gasteiger charge is 2.15. The molecule has 0 fully saturated rings. The van der Waals surface area contributed by atoms with Crippen molar-refractivity contribution in [3.8, 4) is 0 Å². The molecule has 0 bridgehead atoms. The number of carboxylic acids is 1. The van der Waals surface area contributed by atoms with Crippen LogP contribution in [0, 0.1) is 5.92 Å². The first kappa shape index (κ1) is 16.8. The Bertz CT molecular complexity index is 405. The number of rotatable bonds is 9. The van der Waals surface area contributed by atoms with E-state index in [-0.39, 0.29) is 6.54 Å². The van der Waals surface area contributed by atoms with Gasteiger partial charge in [-0.2, -0.15) is 0 Å². The molecule has 20 heavy (non-hydrogen) atoms. The lowest BCUT2D eigenvalue weighted by Crippen LogP contribution is -2.34. The molecule has 1 aromatic carbocycles. The number of anilines is 1. The van der Waals surface area contributed by atoms with Crippen LogP contribution in [-0.4, -0.2) is 24.2 Å². The number of halogens is 1. The minimum atomic E-state index is -0.801. The summed E-state index contributed by atoms with van der Waals surface area (Å²) in [6.45, 7) is 5.16. The van der Waals surface area contributed by atoms with Crippen LogP contribution in [0.1, 0.15) is 39.5 Å². The van der Waals surface area contributed by atoms with Crippen LogP contribution in [0.15, 0.2) is 24.3 Å². The van der Waals surface area contributed by atoms with Crippen LogP contribution in [0.25, 0.3) is 0 Å². The van der Waals surface area contributed by atoms with Gasteiger partial charge >= 0.3 is 5.97 Å². The van der Waals surface area contributed by atoms with Crippen LogP contribution >= 0.6 is 11.6 Å². The van der Waals surface area contributed by atoms with E-state index in [0.717, 1.165) is 25.1 Å². The minimum absolute atomic E-state index is 0.0320. The van der Waals surface area contributed by atoms with E-state index in [0.29, 0.717) is 10.9 Å². The molecule has 0 saturated heterocycles. The Kier molecular flexibility index (Phi) is 7.45. The third-order valence-corrected chi connectivity index (χ3v) is 3.79. The number of benzene rings is 1. The molecule has 0 spiro atoms. The second-order valence-electron chi connectivity index (χ2n) is 5.17. The van der Waals surface area contributed by atoms with Gasteiger partial charge in [-0.3, -0.25) is 4.79 Å². The molecule has 1 rings (SSSR count). The summed E-state index contributed by atoms with van der Waals surface area (Å²) in [5.74, 6) is -0.268. The number of carbonyl (C=O) groups is 1. The lowest BCUT2D eigenvalue weighted by Gasteiger charge is -2.27. The fourth-order valence-corrected chi connectivity index (χ4v) is 2.43. The third-order valence-electron chi connectivity index (χ3n) is 3.54. The first-order valence-corrected chi connectivity index (χ1v) is 7.66. The Labute approximate surface area is 126 Å². The van der Waals surface area contributed by atoms with Crippen LogP contribution in [-0.2, 0) is 4.79 Å². The average molecular weight is 298 g/mol. The molecule has 0 radical (unpaired) electrons. The van der Waals surface area contributed by atoms with Gasteiger partial charge in [0.1, 0.15) is 6.54 Å². The van der Waals surface area contributed by atoms with Crippen LogP contribution in [0.4, 0.5) is 5.69 Å². The quantitative estimate of drug-likeness (QED) is 0.732. The maximum absolute atomic E-state index is 11.1. The summed E-state index contributed by atoms with van der Waals surface area (Å²) < 4.78 is 0. The van der Waals surface area contributed by atoms with Crippen molar-refractivity contribution in [1.29, 1.82) is 0 Å². The Hall–Kier alpha value is -1.22. The van der Waals surface area contributed by atoms with Gasteiger partial charge in [0, 0.05) is 17.3 Å². The van der Waals surface area contributed by atoms with Gasteiger partial charge in [0.2, 0.25) is 0 Å². The Morgan fingerprint density at radius 3 is 2.45 bits per heavy atom. The zero-order valence-electron chi connectivity index (χ0n) is 12.3. The maximum atomic E-state index is 11.1. The van der Waals surface area contributed by atoms with Crippen molar-refractivity contribution in [2.75, 3.05) is 18.0 Å². The lowest BCUT2D eigenvalue weighted by atomic mass is 9.98. The van der Waals surface area contributed by atoms with Crippen LogP contribution in [0.2, 0.25) is 5.02 Å². The molecule has 0 aliphatic carbocycles. The molecule has 0 heterocycles. The number of hydrogen-bond acceptors (Lipinski definition) is 2.